The highest BCUT2D eigenvalue weighted by Gasteiger charge is 2.41. The van der Waals surface area contributed by atoms with Crippen molar-refractivity contribution in [1.82, 2.24) is 5.32 Å². The number of anilines is 1. The van der Waals surface area contributed by atoms with Crippen molar-refractivity contribution >= 4 is 5.69 Å². The van der Waals surface area contributed by atoms with Crippen LogP contribution in [-0.4, -0.2) is 34.4 Å². The fourth-order valence-electron chi connectivity index (χ4n) is 2.55. The molecule has 0 bridgehead atoms. The molecule has 4 nitrogen and oxygen atoms in total. The second-order valence-electron chi connectivity index (χ2n) is 5.36. The predicted molar refractivity (Wildman–Crippen MR) is 78.4 cm³/mol. The van der Waals surface area contributed by atoms with Gasteiger partial charge < -0.3 is 20.1 Å². The molecule has 1 aromatic carbocycles. The van der Waals surface area contributed by atoms with Gasteiger partial charge in [-0.1, -0.05) is 0 Å². The van der Waals surface area contributed by atoms with E-state index in [1.54, 1.807) is 14.2 Å². The summed E-state index contributed by atoms with van der Waals surface area (Å²) in [6, 6.07) is 4.01. The Morgan fingerprint density at radius 3 is 2.42 bits per heavy atom. The average molecular weight is 264 g/mol. The molecule has 0 spiro atoms. The molecule has 1 saturated carbocycles. The first-order valence-corrected chi connectivity index (χ1v) is 6.76. The second-order valence-corrected chi connectivity index (χ2v) is 5.36. The third-order valence-corrected chi connectivity index (χ3v) is 3.94. The first-order valence-electron chi connectivity index (χ1n) is 6.76. The quantitative estimate of drug-likeness (QED) is 0.793. The molecule has 0 amide bonds. The fraction of sp³-hybridized carbons (Fsp3) is 0.600. The molecular weight excluding hydrogens is 240 g/mol. The SMILES string of the molecule is CNCC1(CNc2ccc(OC)c(C)c2OC)CC1. The highest BCUT2D eigenvalue weighted by Crippen LogP contribution is 2.45. The van der Waals surface area contributed by atoms with Crippen LogP contribution in [0.1, 0.15) is 18.4 Å². The molecule has 19 heavy (non-hydrogen) atoms. The number of nitrogens with one attached hydrogen (secondary N) is 2. The van der Waals surface area contributed by atoms with Crippen molar-refractivity contribution in [3.05, 3.63) is 17.7 Å². The Balaban J connectivity index is 2.10. The molecule has 2 rings (SSSR count). The number of ether oxygens (including phenoxy) is 2. The monoisotopic (exact) mass is 264 g/mol. The molecule has 0 aromatic heterocycles. The lowest BCUT2D eigenvalue weighted by molar-refractivity contribution is 0.389. The summed E-state index contributed by atoms with van der Waals surface area (Å²) in [6.45, 7) is 4.07. The van der Waals surface area contributed by atoms with Gasteiger partial charge in [0.05, 0.1) is 19.9 Å². The number of methoxy groups -OCH3 is 2. The number of rotatable bonds is 7. The Hall–Kier alpha value is -1.42. The maximum absolute atomic E-state index is 5.51. The van der Waals surface area contributed by atoms with Gasteiger partial charge in [0, 0.05) is 24.1 Å². The molecule has 0 unspecified atom stereocenters. The molecule has 1 aromatic rings. The molecule has 0 saturated heterocycles. The summed E-state index contributed by atoms with van der Waals surface area (Å²) in [5.74, 6) is 1.73. The number of benzene rings is 1. The van der Waals surface area contributed by atoms with E-state index in [-0.39, 0.29) is 0 Å². The van der Waals surface area contributed by atoms with Crippen LogP contribution in [0.5, 0.6) is 11.5 Å². The van der Waals surface area contributed by atoms with E-state index in [1.807, 2.05) is 26.1 Å². The van der Waals surface area contributed by atoms with Crippen molar-refractivity contribution in [1.29, 1.82) is 0 Å². The van der Waals surface area contributed by atoms with Crippen LogP contribution in [0.2, 0.25) is 0 Å². The molecule has 1 aliphatic rings. The minimum Gasteiger partial charge on any atom is -0.496 e. The Labute approximate surface area is 115 Å². The van der Waals surface area contributed by atoms with Gasteiger partial charge in [0.15, 0.2) is 0 Å². The van der Waals surface area contributed by atoms with Gasteiger partial charge in [-0.3, -0.25) is 0 Å². The minimum atomic E-state index is 0.424. The van der Waals surface area contributed by atoms with Crippen LogP contribution in [0.15, 0.2) is 12.1 Å². The van der Waals surface area contributed by atoms with Crippen LogP contribution in [0, 0.1) is 12.3 Å². The molecule has 0 heterocycles. The summed E-state index contributed by atoms with van der Waals surface area (Å²) in [6.07, 6.45) is 2.58. The lowest BCUT2D eigenvalue weighted by atomic mass is 10.1. The molecule has 0 atom stereocenters. The second kappa shape index (κ2) is 5.70. The van der Waals surface area contributed by atoms with Gasteiger partial charge in [0.1, 0.15) is 11.5 Å². The Morgan fingerprint density at radius 2 is 1.89 bits per heavy atom. The molecule has 2 N–H and O–H groups in total. The summed E-state index contributed by atoms with van der Waals surface area (Å²) < 4.78 is 10.8. The van der Waals surface area contributed by atoms with E-state index in [4.69, 9.17) is 9.47 Å². The molecule has 106 valence electrons. The van der Waals surface area contributed by atoms with Gasteiger partial charge >= 0.3 is 0 Å². The lowest BCUT2D eigenvalue weighted by Gasteiger charge is -2.19. The maximum atomic E-state index is 5.51. The van der Waals surface area contributed by atoms with E-state index in [2.05, 4.69) is 10.6 Å². The zero-order chi connectivity index (χ0) is 13.9. The van der Waals surface area contributed by atoms with Crippen molar-refractivity contribution in [3.8, 4) is 11.5 Å². The van der Waals surface area contributed by atoms with Crippen LogP contribution >= 0.6 is 0 Å². The molecule has 0 radical (unpaired) electrons. The average Bonchev–Trinajstić information content (AvgIpc) is 3.17. The van der Waals surface area contributed by atoms with Crippen molar-refractivity contribution in [2.24, 2.45) is 5.41 Å². The Bertz CT molecular complexity index is 442. The van der Waals surface area contributed by atoms with Gasteiger partial charge in [-0.2, -0.15) is 0 Å². The summed E-state index contributed by atoms with van der Waals surface area (Å²) >= 11 is 0. The molecule has 1 aliphatic carbocycles. The zero-order valence-corrected chi connectivity index (χ0v) is 12.3. The van der Waals surface area contributed by atoms with E-state index in [9.17, 15) is 0 Å². The summed E-state index contributed by atoms with van der Waals surface area (Å²) in [5, 5.41) is 6.80. The third kappa shape index (κ3) is 2.95. The van der Waals surface area contributed by atoms with E-state index >= 15 is 0 Å². The van der Waals surface area contributed by atoms with Crippen LogP contribution in [-0.2, 0) is 0 Å². The molecular formula is C15H24N2O2. The van der Waals surface area contributed by atoms with Gasteiger partial charge in [-0.25, -0.2) is 0 Å². The van der Waals surface area contributed by atoms with Crippen molar-refractivity contribution in [2.75, 3.05) is 39.7 Å². The first kappa shape index (κ1) is 14.0. The largest absolute Gasteiger partial charge is 0.496 e. The van der Waals surface area contributed by atoms with Crippen LogP contribution in [0.25, 0.3) is 0 Å². The highest BCUT2D eigenvalue weighted by atomic mass is 16.5. The molecule has 0 aliphatic heterocycles. The maximum Gasteiger partial charge on any atom is 0.148 e. The van der Waals surface area contributed by atoms with Crippen LogP contribution in [0.4, 0.5) is 5.69 Å². The molecule has 1 fully saturated rings. The predicted octanol–water partition coefficient (Wildman–Crippen LogP) is 2.42. The van der Waals surface area contributed by atoms with Crippen LogP contribution < -0.4 is 20.1 Å². The zero-order valence-electron chi connectivity index (χ0n) is 12.3. The van der Waals surface area contributed by atoms with Crippen molar-refractivity contribution < 1.29 is 9.47 Å². The fourth-order valence-corrected chi connectivity index (χ4v) is 2.55. The standard InChI is InChI=1S/C15H24N2O2/c1-11-13(18-3)6-5-12(14(11)19-4)17-10-15(7-8-15)9-16-2/h5-6,16-17H,7-10H2,1-4H3. The molecule has 4 heteroatoms. The van der Waals surface area contributed by atoms with E-state index in [1.165, 1.54) is 12.8 Å². The van der Waals surface area contributed by atoms with Crippen molar-refractivity contribution in [2.45, 2.75) is 19.8 Å². The lowest BCUT2D eigenvalue weighted by Crippen LogP contribution is -2.27. The normalized spacial score (nSPS) is 16.0. The van der Waals surface area contributed by atoms with Gasteiger partial charge in [0.2, 0.25) is 0 Å². The van der Waals surface area contributed by atoms with Crippen LogP contribution in [0.3, 0.4) is 0 Å². The van der Waals surface area contributed by atoms with Gasteiger partial charge in [-0.05, 0) is 38.9 Å². The Morgan fingerprint density at radius 1 is 1.16 bits per heavy atom. The summed E-state index contributed by atoms with van der Waals surface area (Å²) in [5.41, 5.74) is 2.50. The van der Waals surface area contributed by atoms with Gasteiger partial charge in [-0.15, -0.1) is 0 Å². The van der Waals surface area contributed by atoms with E-state index < -0.39 is 0 Å². The minimum absolute atomic E-state index is 0.424. The summed E-state index contributed by atoms with van der Waals surface area (Å²) in [7, 11) is 5.40. The van der Waals surface area contributed by atoms with Gasteiger partial charge in [0.25, 0.3) is 0 Å². The summed E-state index contributed by atoms with van der Waals surface area (Å²) in [4.78, 5) is 0. The number of hydrogen-bond donors (Lipinski definition) is 2. The first-order chi connectivity index (χ1) is 9.15. The van der Waals surface area contributed by atoms with Crippen molar-refractivity contribution in [3.63, 3.8) is 0 Å². The van der Waals surface area contributed by atoms with E-state index in [0.29, 0.717) is 5.41 Å². The smallest absolute Gasteiger partial charge is 0.148 e. The highest BCUT2D eigenvalue weighted by molar-refractivity contribution is 5.64. The topological polar surface area (TPSA) is 42.5 Å². The van der Waals surface area contributed by atoms with E-state index in [0.717, 1.165) is 35.8 Å². The number of hydrogen-bond acceptors (Lipinski definition) is 4. The Kier molecular flexibility index (Phi) is 4.20. The third-order valence-electron chi connectivity index (χ3n) is 3.94.